The Morgan fingerprint density at radius 1 is 1.04 bits per heavy atom. The SMILES string of the molecule is COc1ccc(-c2c3c(cc4ccc(C)cc24)C(=O)NC3)cc1. The van der Waals surface area contributed by atoms with Gasteiger partial charge >= 0.3 is 0 Å². The number of ether oxygens (including phenoxy) is 1. The van der Waals surface area contributed by atoms with Crippen LogP contribution in [0.2, 0.25) is 0 Å². The summed E-state index contributed by atoms with van der Waals surface area (Å²) in [5.74, 6) is 0.841. The zero-order valence-electron chi connectivity index (χ0n) is 13.1. The summed E-state index contributed by atoms with van der Waals surface area (Å²) < 4.78 is 5.25. The van der Waals surface area contributed by atoms with E-state index in [0.717, 1.165) is 33.4 Å². The van der Waals surface area contributed by atoms with E-state index in [2.05, 4.69) is 42.6 Å². The molecule has 3 nitrogen and oxygen atoms in total. The van der Waals surface area contributed by atoms with Crippen molar-refractivity contribution < 1.29 is 9.53 Å². The Bertz CT molecular complexity index is 927. The van der Waals surface area contributed by atoms with E-state index < -0.39 is 0 Å². The third-order valence-corrected chi connectivity index (χ3v) is 4.45. The molecule has 0 bridgehead atoms. The van der Waals surface area contributed by atoms with Crippen LogP contribution in [0.5, 0.6) is 5.75 Å². The van der Waals surface area contributed by atoms with E-state index in [4.69, 9.17) is 4.74 Å². The Morgan fingerprint density at radius 3 is 2.57 bits per heavy atom. The molecule has 1 aliphatic heterocycles. The summed E-state index contributed by atoms with van der Waals surface area (Å²) in [4.78, 5) is 12.1. The monoisotopic (exact) mass is 303 g/mol. The van der Waals surface area contributed by atoms with Crippen LogP contribution in [0, 0.1) is 6.92 Å². The lowest BCUT2D eigenvalue weighted by Gasteiger charge is -2.13. The van der Waals surface area contributed by atoms with Gasteiger partial charge in [-0.2, -0.15) is 0 Å². The van der Waals surface area contributed by atoms with E-state index in [9.17, 15) is 4.79 Å². The summed E-state index contributed by atoms with van der Waals surface area (Å²) in [5, 5.41) is 5.22. The zero-order chi connectivity index (χ0) is 16.0. The second kappa shape index (κ2) is 5.13. The van der Waals surface area contributed by atoms with Crippen molar-refractivity contribution in [1.82, 2.24) is 5.32 Å². The Morgan fingerprint density at radius 2 is 1.83 bits per heavy atom. The minimum Gasteiger partial charge on any atom is -0.497 e. The number of nitrogens with one attached hydrogen (secondary N) is 1. The third-order valence-electron chi connectivity index (χ3n) is 4.45. The summed E-state index contributed by atoms with van der Waals surface area (Å²) >= 11 is 0. The molecule has 1 N–H and O–H groups in total. The highest BCUT2D eigenvalue weighted by Gasteiger charge is 2.24. The predicted octanol–water partition coefficient (Wildman–Crippen LogP) is 4.07. The molecule has 0 saturated carbocycles. The molecule has 114 valence electrons. The van der Waals surface area contributed by atoms with Crippen LogP contribution in [0.1, 0.15) is 21.5 Å². The number of hydrogen-bond acceptors (Lipinski definition) is 2. The lowest BCUT2D eigenvalue weighted by molar-refractivity contribution is 0.0966. The van der Waals surface area contributed by atoms with Crippen LogP contribution in [0.4, 0.5) is 0 Å². The molecule has 0 spiro atoms. The Hall–Kier alpha value is -2.81. The standard InChI is InChI=1S/C20H17NO2/c1-12-3-4-14-10-17-18(11-21-20(17)22)19(16(14)9-12)13-5-7-15(23-2)8-6-13/h3-10H,11H2,1-2H3,(H,21,22). The first-order valence-electron chi connectivity index (χ1n) is 7.66. The van der Waals surface area contributed by atoms with Gasteiger partial charge in [-0.05, 0) is 52.6 Å². The molecule has 4 rings (SSSR count). The molecule has 0 unspecified atom stereocenters. The quantitative estimate of drug-likeness (QED) is 0.775. The van der Waals surface area contributed by atoms with Gasteiger partial charge in [0.25, 0.3) is 5.91 Å². The molecule has 1 amide bonds. The molecule has 1 heterocycles. The Balaban J connectivity index is 2.06. The summed E-state index contributed by atoms with van der Waals surface area (Å²) in [7, 11) is 1.66. The molecule has 0 atom stereocenters. The normalized spacial score (nSPS) is 13.0. The minimum absolute atomic E-state index is 0.0113. The highest BCUT2D eigenvalue weighted by molar-refractivity contribution is 6.09. The van der Waals surface area contributed by atoms with Crippen molar-refractivity contribution in [3.8, 4) is 16.9 Å². The Labute approximate surface area is 134 Å². The van der Waals surface area contributed by atoms with E-state index in [1.807, 2.05) is 18.2 Å². The molecule has 1 aliphatic rings. The van der Waals surface area contributed by atoms with Crippen LogP contribution in [0.3, 0.4) is 0 Å². The topological polar surface area (TPSA) is 38.3 Å². The van der Waals surface area contributed by atoms with E-state index in [0.29, 0.717) is 6.54 Å². The number of amides is 1. The maximum atomic E-state index is 12.1. The highest BCUT2D eigenvalue weighted by Crippen LogP contribution is 2.37. The number of carbonyl (C=O) groups is 1. The van der Waals surface area contributed by atoms with Crippen molar-refractivity contribution >= 4 is 16.7 Å². The van der Waals surface area contributed by atoms with Crippen molar-refractivity contribution in [3.63, 3.8) is 0 Å². The minimum atomic E-state index is 0.0113. The van der Waals surface area contributed by atoms with E-state index in [-0.39, 0.29) is 5.91 Å². The second-order valence-corrected chi connectivity index (χ2v) is 5.91. The Kier molecular flexibility index (Phi) is 3.08. The average molecular weight is 303 g/mol. The summed E-state index contributed by atoms with van der Waals surface area (Å²) in [6.45, 7) is 2.67. The average Bonchev–Trinajstić information content (AvgIpc) is 2.94. The molecule has 3 aromatic carbocycles. The fourth-order valence-corrected chi connectivity index (χ4v) is 3.29. The van der Waals surface area contributed by atoms with Crippen molar-refractivity contribution in [2.75, 3.05) is 7.11 Å². The van der Waals surface area contributed by atoms with Crippen LogP contribution in [-0.2, 0) is 6.54 Å². The summed E-state index contributed by atoms with van der Waals surface area (Å²) in [5.41, 5.74) is 5.33. The second-order valence-electron chi connectivity index (χ2n) is 5.91. The molecule has 0 aromatic heterocycles. The molecule has 0 aliphatic carbocycles. The molecule has 3 aromatic rings. The molecule has 3 heteroatoms. The van der Waals surface area contributed by atoms with Gasteiger partial charge in [-0.25, -0.2) is 0 Å². The smallest absolute Gasteiger partial charge is 0.251 e. The maximum Gasteiger partial charge on any atom is 0.251 e. The molecule has 23 heavy (non-hydrogen) atoms. The first-order chi connectivity index (χ1) is 11.2. The van der Waals surface area contributed by atoms with Crippen LogP contribution in [0.25, 0.3) is 21.9 Å². The molecule has 0 fully saturated rings. The fraction of sp³-hybridized carbons (Fsp3) is 0.150. The molecular formula is C20H17NO2. The van der Waals surface area contributed by atoms with Crippen molar-refractivity contribution in [2.45, 2.75) is 13.5 Å². The van der Waals surface area contributed by atoms with E-state index >= 15 is 0 Å². The van der Waals surface area contributed by atoms with Crippen molar-refractivity contribution in [3.05, 3.63) is 65.2 Å². The van der Waals surface area contributed by atoms with Gasteiger partial charge < -0.3 is 10.1 Å². The number of aryl methyl sites for hydroxylation is 1. The lowest BCUT2D eigenvalue weighted by atomic mass is 9.90. The van der Waals surface area contributed by atoms with Crippen LogP contribution < -0.4 is 10.1 Å². The van der Waals surface area contributed by atoms with E-state index in [1.54, 1.807) is 7.11 Å². The number of rotatable bonds is 2. The first kappa shape index (κ1) is 13.8. The van der Waals surface area contributed by atoms with Crippen molar-refractivity contribution in [2.24, 2.45) is 0 Å². The van der Waals surface area contributed by atoms with Gasteiger partial charge in [0.1, 0.15) is 5.75 Å². The van der Waals surface area contributed by atoms with Gasteiger partial charge in [-0.3, -0.25) is 4.79 Å². The fourth-order valence-electron chi connectivity index (χ4n) is 3.29. The highest BCUT2D eigenvalue weighted by atomic mass is 16.5. The summed E-state index contributed by atoms with van der Waals surface area (Å²) in [6, 6.07) is 16.4. The van der Waals surface area contributed by atoms with Gasteiger partial charge in [0, 0.05) is 12.1 Å². The first-order valence-corrected chi connectivity index (χ1v) is 7.66. The molecule has 0 radical (unpaired) electrons. The molecular weight excluding hydrogens is 286 g/mol. The number of hydrogen-bond donors (Lipinski definition) is 1. The van der Waals surface area contributed by atoms with Crippen LogP contribution in [0.15, 0.2) is 48.5 Å². The van der Waals surface area contributed by atoms with Gasteiger partial charge in [0.2, 0.25) is 0 Å². The van der Waals surface area contributed by atoms with Crippen LogP contribution >= 0.6 is 0 Å². The van der Waals surface area contributed by atoms with Gasteiger partial charge in [-0.15, -0.1) is 0 Å². The number of carbonyl (C=O) groups excluding carboxylic acids is 1. The maximum absolute atomic E-state index is 12.1. The largest absolute Gasteiger partial charge is 0.497 e. The number of methoxy groups -OCH3 is 1. The van der Waals surface area contributed by atoms with E-state index in [1.165, 1.54) is 10.9 Å². The van der Waals surface area contributed by atoms with Gasteiger partial charge in [0.05, 0.1) is 7.11 Å². The number of fused-ring (bicyclic) bond motifs is 2. The third kappa shape index (κ3) is 2.16. The lowest BCUT2D eigenvalue weighted by Crippen LogP contribution is -2.12. The van der Waals surface area contributed by atoms with Gasteiger partial charge in [0.15, 0.2) is 0 Å². The number of benzene rings is 3. The predicted molar refractivity (Wildman–Crippen MR) is 91.8 cm³/mol. The van der Waals surface area contributed by atoms with Crippen molar-refractivity contribution in [1.29, 1.82) is 0 Å². The van der Waals surface area contributed by atoms with Crippen LogP contribution in [-0.4, -0.2) is 13.0 Å². The zero-order valence-corrected chi connectivity index (χ0v) is 13.1. The molecule has 0 saturated heterocycles. The summed E-state index contributed by atoms with van der Waals surface area (Å²) in [6.07, 6.45) is 0. The van der Waals surface area contributed by atoms with Gasteiger partial charge in [-0.1, -0.05) is 35.9 Å².